The third kappa shape index (κ3) is 4.66. The highest BCUT2D eigenvalue weighted by molar-refractivity contribution is 9.10. The van der Waals surface area contributed by atoms with Crippen molar-refractivity contribution in [3.63, 3.8) is 0 Å². The molecular formula is C19H18BrN5O4S. The van der Waals surface area contributed by atoms with Crippen molar-refractivity contribution in [2.24, 2.45) is 7.05 Å². The molecule has 0 bridgehead atoms. The number of nitriles is 1. The van der Waals surface area contributed by atoms with Crippen LogP contribution in [0.5, 0.6) is 0 Å². The van der Waals surface area contributed by atoms with Gasteiger partial charge in [-0.1, -0.05) is 39.8 Å². The van der Waals surface area contributed by atoms with Crippen LogP contribution in [-0.2, 0) is 18.3 Å². The highest BCUT2D eigenvalue weighted by Gasteiger charge is 2.24. The number of hydrogen-bond donors (Lipinski definition) is 2. The van der Waals surface area contributed by atoms with E-state index in [-0.39, 0.29) is 17.6 Å². The lowest BCUT2D eigenvalue weighted by Crippen LogP contribution is -2.29. The van der Waals surface area contributed by atoms with Crippen LogP contribution in [0.3, 0.4) is 0 Å². The zero-order chi connectivity index (χ0) is 21.8. The number of nitrogens with one attached hydrogen (secondary N) is 1. The zero-order valence-corrected chi connectivity index (χ0v) is 18.4. The van der Waals surface area contributed by atoms with E-state index in [0.29, 0.717) is 23.8 Å². The molecular weight excluding hydrogens is 474 g/mol. The van der Waals surface area contributed by atoms with Gasteiger partial charge in [-0.25, -0.2) is 9.78 Å². The molecule has 156 valence electrons. The van der Waals surface area contributed by atoms with E-state index in [2.05, 4.69) is 32.0 Å². The molecule has 30 heavy (non-hydrogen) atoms. The Bertz CT molecular complexity index is 1260. The first-order chi connectivity index (χ1) is 14.3. The number of carboxylic acids is 1. The van der Waals surface area contributed by atoms with E-state index in [1.165, 1.54) is 23.4 Å². The number of aliphatic carboxylic acids is 1. The Morgan fingerprint density at radius 3 is 2.87 bits per heavy atom. The van der Waals surface area contributed by atoms with E-state index in [1.54, 1.807) is 4.57 Å². The molecule has 0 spiro atoms. The predicted octanol–water partition coefficient (Wildman–Crippen LogP) is 2.45. The fraction of sp³-hybridized carbons (Fsp3) is 0.316. The number of aromatic nitrogens is 4. The Morgan fingerprint density at radius 1 is 1.43 bits per heavy atom. The lowest BCUT2D eigenvalue weighted by Gasteiger charge is -2.15. The minimum Gasteiger partial charge on any atom is -0.481 e. The minimum atomic E-state index is -0.896. The van der Waals surface area contributed by atoms with Crippen LogP contribution in [0.25, 0.3) is 11.2 Å². The highest BCUT2D eigenvalue weighted by atomic mass is 79.9. The first-order valence-electron chi connectivity index (χ1n) is 9.01. The number of carboxylic acid groups (broad SMARTS) is 1. The lowest BCUT2D eigenvalue weighted by molar-refractivity contribution is -0.137. The normalized spacial score (nSPS) is 12.0. The molecule has 3 rings (SSSR count). The second-order valence-corrected chi connectivity index (χ2v) is 8.56. The highest BCUT2D eigenvalue weighted by Crippen LogP contribution is 2.28. The van der Waals surface area contributed by atoms with Gasteiger partial charge in [0.2, 0.25) is 0 Å². The summed E-state index contributed by atoms with van der Waals surface area (Å²) >= 11 is 4.67. The number of aryl methyl sites for hydroxylation is 1. The summed E-state index contributed by atoms with van der Waals surface area (Å²) < 4.78 is 3.64. The molecule has 1 atom stereocenters. The summed E-state index contributed by atoms with van der Waals surface area (Å²) in [4.78, 5) is 42.1. The van der Waals surface area contributed by atoms with Gasteiger partial charge in [0, 0.05) is 30.1 Å². The minimum absolute atomic E-state index is 0.00597. The number of fused-ring (bicyclic) bond motifs is 1. The molecule has 11 heteroatoms. The van der Waals surface area contributed by atoms with Crippen LogP contribution in [0.4, 0.5) is 0 Å². The van der Waals surface area contributed by atoms with E-state index < -0.39 is 23.3 Å². The van der Waals surface area contributed by atoms with Crippen molar-refractivity contribution in [2.75, 3.05) is 5.75 Å². The van der Waals surface area contributed by atoms with Crippen LogP contribution in [0.2, 0.25) is 0 Å². The number of H-pyrrole nitrogens is 1. The molecule has 9 nitrogen and oxygen atoms in total. The quantitative estimate of drug-likeness (QED) is 0.365. The van der Waals surface area contributed by atoms with Crippen molar-refractivity contribution in [3.05, 3.63) is 55.1 Å². The summed E-state index contributed by atoms with van der Waals surface area (Å²) in [6.45, 7) is 0. The zero-order valence-electron chi connectivity index (χ0n) is 16.0. The summed E-state index contributed by atoms with van der Waals surface area (Å²) in [6.07, 6.45) is 0.736. The third-order valence-corrected chi connectivity index (χ3v) is 6.00. The van der Waals surface area contributed by atoms with Crippen LogP contribution in [0.1, 0.15) is 24.4 Å². The summed E-state index contributed by atoms with van der Waals surface area (Å²) in [7, 11) is 1.49. The summed E-state index contributed by atoms with van der Waals surface area (Å²) in [5, 5.41) is 19.1. The second kappa shape index (κ2) is 9.32. The molecule has 0 saturated carbocycles. The maximum absolute atomic E-state index is 12.6. The number of thioether (sulfide) groups is 1. The van der Waals surface area contributed by atoms with Gasteiger partial charge in [0.15, 0.2) is 16.3 Å². The Morgan fingerprint density at radius 2 is 2.20 bits per heavy atom. The van der Waals surface area contributed by atoms with Gasteiger partial charge in [0.1, 0.15) is 6.04 Å². The smallest absolute Gasteiger partial charge is 0.329 e. The summed E-state index contributed by atoms with van der Waals surface area (Å²) in [5.74, 6) is -0.455. The second-order valence-electron chi connectivity index (χ2n) is 6.58. The average Bonchev–Trinajstić information content (AvgIpc) is 3.07. The number of hydrogen-bond acceptors (Lipinski definition) is 6. The number of imidazole rings is 1. The van der Waals surface area contributed by atoms with Gasteiger partial charge < -0.3 is 5.11 Å². The van der Waals surface area contributed by atoms with Gasteiger partial charge in [-0.05, 0) is 24.1 Å². The first kappa shape index (κ1) is 21.9. The van der Waals surface area contributed by atoms with Crippen molar-refractivity contribution in [3.8, 4) is 6.07 Å². The number of halogens is 1. The molecule has 0 fully saturated rings. The molecule has 1 aromatic carbocycles. The molecule has 3 aromatic rings. The standard InChI is InChI=1S/C19H18BrN5O4S/c1-24-16-15(17(28)23-18(24)29)25(19(22-16)30-7-3-6-14(26)27)13(10-21)9-11-4-2-5-12(20)8-11/h2,4-5,8,13H,3,6-7,9H2,1H3,(H,26,27)(H,23,28,29). The molecule has 0 aliphatic carbocycles. The van der Waals surface area contributed by atoms with Crippen molar-refractivity contribution in [2.45, 2.75) is 30.5 Å². The van der Waals surface area contributed by atoms with Crippen LogP contribution in [0, 0.1) is 11.3 Å². The van der Waals surface area contributed by atoms with Crippen molar-refractivity contribution >= 4 is 44.8 Å². The topological polar surface area (TPSA) is 134 Å². The molecule has 2 heterocycles. The number of nitrogens with zero attached hydrogens (tertiary/aromatic N) is 4. The van der Waals surface area contributed by atoms with E-state index in [0.717, 1.165) is 10.0 Å². The number of benzene rings is 1. The van der Waals surface area contributed by atoms with E-state index in [4.69, 9.17) is 5.11 Å². The Kier molecular flexibility index (Phi) is 6.79. The van der Waals surface area contributed by atoms with Gasteiger partial charge in [-0.2, -0.15) is 5.26 Å². The van der Waals surface area contributed by atoms with Gasteiger partial charge in [0.25, 0.3) is 5.56 Å². The van der Waals surface area contributed by atoms with E-state index >= 15 is 0 Å². The van der Waals surface area contributed by atoms with Gasteiger partial charge in [-0.3, -0.25) is 23.7 Å². The average molecular weight is 492 g/mol. The lowest BCUT2D eigenvalue weighted by atomic mass is 10.1. The van der Waals surface area contributed by atoms with Gasteiger partial charge in [-0.15, -0.1) is 0 Å². The molecule has 0 aliphatic heterocycles. The van der Waals surface area contributed by atoms with E-state index in [9.17, 15) is 19.6 Å². The Labute approximate surface area is 183 Å². The van der Waals surface area contributed by atoms with Crippen LogP contribution < -0.4 is 11.2 Å². The third-order valence-electron chi connectivity index (χ3n) is 4.46. The summed E-state index contributed by atoms with van der Waals surface area (Å²) in [5.41, 5.74) is -0.00763. The summed E-state index contributed by atoms with van der Waals surface area (Å²) in [6, 6.07) is 9.00. The van der Waals surface area contributed by atoms with Crippen LogP contribution in [0.15, 0.2) is 43.5 Å². The number of rotatable bonds is 8. The van der Waals surface area contributed by atoms with Crippen molar-refractivity contribution in [1.29, 1.82) is 5.26 Å². The number of aromatic amines is 1. The van der Waals surface area contributed by atoms with Gasteiger partial charge in [0.05, 0.1) is 6.07 Å². The van der Waals surface area contributed by atoms with Crippen LogP contribution in [-0.4, -0.2) is 35.9 Å². The maximum atomic E-state index is 12.6. The molecule has 0 amide bonds. The fourth-order valence-corrected chi connectivity index (χ4v) is 4.47. The predicted molar refractivity (Wildman–Crippen MR) is 116 cm³/mol. The molecule has 2 N–H and O–H groups in total. The maximum Gasteiger partial charge on any atom is 0.329 e. The monoisotopic (exact) mass is 491 g/mol. The molecule has 0 aliphatic rings. The fourth-order valence-electron chi connectivity index (χ4n) is 3.04. The SMILES string of the molecule is Cn1c(=O)[nH]c(=O)c2c1nc(SCCCC(=O)O)n2C(C#N)Cc1cccc(Br)c1. The Balaban J connectivity index is 2.09. The largest absolute Gasteiger partial charge is 0.481 e. The molecule has 2 aromatic heterocycles. The molecule has 0 saturated heterocycles. The first-order valence-corrected chi connectivity index (χ1v) is 10.8. The van der Waals surface area contributed by atoms with Gasteiger partial charge >= 0.3 is 11.7 Å². The number of carbonyl (C=O) groups is 1. The molecule has 0 radical (unpaired) electrons. The van der Waals surface area contributed by atoms with Crippen molar-refractivity contribution < 1.29 is 9.90 Å². The van der Waals surface area contributed by atoms with Crippen molar-refractivity contribution in [1.82, 2.24) is 19.1 Å². The Hall–Kier alpha value is -2.84. The molecule has 1 unspecified atom stereocenters. The van der Waals surface area contributed by atoms with Crippen LogP contribution >= 0.6 is 27.7 Å². The van der Waals surface area contributed by atoms with E-state index in [1.807, 2.05) is 24.3 Å².